The largest absolute Gasteiger partial charge is 0.293 e. The van der Waals surface area contributed by atoms with E-state index < -0.39 is 0 Å². The molecule has 1 unspecified atom stereocenters. The highest BCUT2D eigenvalue weighted by molar-refractivity contribution is 8.00. The van der Waals surface area contributed by atoms with E-state index in [-0.39, 0.29) is 16.6 Å². The fourth-order valence-electron chi connectivity index (χ4n) is 3.30. The number of thioether (sulfide) groups is 1. The van der Waals surface area contributed by atoms with Gasteiger partial charge in [0.25, 0.3) is 5.56 Å². The number of halogens is 1. The second-order valence-electron chi connectivity index (χ2n) is 6.43. The molecule has 7 heteroatoms. The van der Waals surface area contributed by atoms with E-state index in [4.69, 9.17) is 16.6 Å². The Morgan fingerprint density at radius 2 is 2.19 bits per heavy atom. The van der Waals surface area contributed by atoms with Crippen LogP contribution in [0, 0.1) is 0 Å². The molecule has 2 aromatic heterocycles. The van der Waals surface area contributed by atoms with Crippen LogP contribution < -0.4 is 5.56 Å². The molecule has 0 aliphatic heterocycles. The summed E-state index contributed by atoms with van der Waals surface area (Å²) in [4.78, 5) is 32.3. The number of benzene rings is 1. The van der Waals surface area contributed by atoms with E-state index >= 15 is 0 Å². The number of fused-ring (bicyclic) bond motifs is 3. The van der Waals surface area contributed by atoms with Crippen LogP contribution >= 0.6 is 34.7 Å². The molecule has 26 heavy (non-hydrogen) atoms. The van der Waals surface area contributed by atoms with Gasteiger partial charge in [-0.1, -0.05) is 35.5 Å². The predicted octanol–water partition coefficient (Wildman–Crippen LogP) is 4.50. The molecule has 0 radical (unpaired) electrons. The molecule has 1 atom stereocenters. The van der Waals surface area contributed by atoms with Gasteiger partial charge in [-0.2, -0.15) is 0 Å². The summed E-state index contributed by atoms with van der Waals surface area (Å²) in [7, 11) is 1.73. The van der Waals surface area contributed by atoms with Gasteiger partial charge < -0.3 is 0 Å². The maximum Gasteiger partial charge on any atom is 0.262 e. The van der Waals surface area contributed by atoms with E-state index in [1.165, 1.54) is 22.2 Å². The predicted molar refractivity (Wildman–Crippen MR) is 108 cm³/mol. The first-order valence-corrected chi connectivity index (χ1v) is 10.5. The highest BCUT2D eigenvalue weighted by atomic mass is 35.5. The third-order valence-electron chi connectivity index (χ3n) is 4.67. The summed E-state index contributed by atoms with van der Waals surface area (Å²) in [5.41, 5.74) is 1.73. The van der Waals surface area contributed by atoms with Crippen LogP contribution in [-0.4, -0.2) is 20.6 Å². The Kier molecular flexibility index (Phi) is 4.67. The summed E-state index contributed by atoms with van der Waals surface area (Å²) in [5, 5.41) is 1.51. The van der Waals surface area contributed by atoms with Crippen molar-refractivity contribution >= 4 is 50.7 Å². The summed E-state index contributed by atoms with van der Waals surface area (Å²) in [5.74, 6) is -0.0273. The number of aromatic nitrogens is 2. The number of carbonyl (C=O) groups excluding carboxylic acids is 1. The number of carbonyl (C=O) groups is 1. The Labute approximate surface area is 164 Å². The number of Topliss-reactive ketones (excluding diaryl/α,β-unsaturated/α-hetero) is 1. The summed E-state index contributed by atoms with van der Waals surface area (Å²) >= 11 is 8.92. The van der Waals surface area contributed by atoms with Gasteiger partial charge in [-0.3, -0.25) is 14.2 Å². The standard InChI is InChI=1S/C19H17ClN2O2S2/c1-10(16(23)11-5-3-6-12(20)9-11)25-19-21-17-15(18(24)22(19)2)13-7-4-8-14(13)26-17/h3,5-6,9-10H,4,7-8H2,1-2H3. The Morgan fingerprint density at radius 3 is 2.96 bits per heavy atom. The molecular weight excluding hydrogens is 388 g/mol. The van der Waals surface area contributed by atoms with Gasteiger partial charge in [0.1, 0.15) is 4.83 Å². The van der Waals surface area contributed by atoms with Gasteiger partial charge in [0.05, 0.1) is 10.6 Å². The van der Waals surface area contributed by atoms with E-state index in [0.717, 1.165) is 29.5 Å². The molecule has 3 aromatic rings. The highest BCUT2D eigenvalue weighted by Gasteiger charge is 2.24. The van der Waals surface area contributed by atoms with Gasteiger partial charge in [0, 0.05) is 22.5 Å². The molecule has 2 heterocycles. The maximum absolute atomic E-state index is 12.8. The molecule has 4 nitrogen and oxygen atoms in total. The van der Waals surface area contributed by atoms with Crippen LogP contribution in [0.15, 0.2) is 34.2 Å². The van der Waals surface area contributed by atoms with Gasteiger partial charge in [0.2, 0.25) is 0 Å². The molecular formula is C19H17ClN2O2S2. The monoisotopic (exact) mass is 404 g/mol. The molecule has 0 bridgehead atoms. The van der Waals surface area contributed by atoms with Crippen molar-refractivity contribution in [1.29, 1.82) is 0 Å². The topological polar surface area (TPSA) is 52.0 Å². The highest BCUT2D eigenvalue weighted by Crippen LogP contribution is 2.36. The zero-order valence-corrected chi connectivity index (χ0v) is 16.8. The molecule has 1 aliphatic rings. The summed E-state index contributed by atoms with van der Waals surface area (Å²) < 4.78 is 1.57. The lowest BCUT2D eigenvalue weighted by molar-refractivity contribution is 0.0994. The third kappa shape index (κ3) is 3.00. The molecule has 0 spiro atoms. The molecule has 0 saturated heterocycles. The average Bonchev–Trinajstić information content (AvgIpc) is 3.19. The van der Waals surface area contributed by atoms with Crippen LogP contribution in [0.3, 0.4) is 0 Å². The Morgan fingerprint density at radius 1 is 1.38 bits per heavy atom. The minimum absolute atomic E-state index is 0.0145. The van der Waals surface area contributed by atoms with E-state index in [2.05, 4.69) is 0 Å². The minimum atomic E-state index is -0.365. The van der Waals surface area contributed by atoms with Crippen molar-refractivity contribution < 1.29 is 4.79 Å². The van der Waals surface area contributed by atoms with E-state index in [0.29, 0.717) is 15.7 Å². The summed E-state index contributed by atoms with van der Waals surface area (Å²) in [6, 6.07) is 6.93. The maximum atomic E-state index is 12.8. The average molecular weight is 405 g/mol. The zero-order chi connectivity index (χ0) is 18.4. The number of hydrogen-bond acceptors (Lipinski definition) is 5. The molecule has 4 rings (SSSR count). The lowest BCUT2D eigenvalue weighted by Gasteiger charge is -2.12. The number of aryl methyl sites for hydroxylation is 2. The Hall–Kier alpha value is -1.63. The fraction of sp³-hybridized carbons (Fsp3) is 0.316. The fourth-order valence-corrected chi connectivity index (χ4v) is 5.74. The second kappa shape index (κ2) is 6.83. The quantitative estimate of drug-likeness (QED) is 0.365. The summed E-state index contributed by atoms with van der Waals surface area (Å²) in [6.45, 7) is 1.83. The third-order valence-corrected chi connectivity index (χ3v) is 7.23. The van der Waals surface area contributed by atoms with Crippen molar-refractivity contribution in [2.75, 3.05) is 0 Å². The number of thiophene rings is 1. The molecule has 0 N–H and O–H groups in total. The molecule has 0 saturated carbocycles. The van der Waals surface area contributed by atoms with Crippen LogP contribution in [-0.2, 0) is 19.9 Å². The van der Waals surface area contributed by atoms with Crippen LogP contribution in [0.1, 0.15) is 34.1 Å². The molecule has 1 aromatic carbocycles. The first-order valence-electron chi connectivity index (χ1n) is 8.43. The SMILES string of the molecule is CC(Sc1nc2sc3c(c2c(=O)n1C)CCC3)C(=O)c1cccc(Cl)c1. The zero-order valence-electron chi connectivity index (χ0n) is 14.4. The smallest absolute Gasteiger partial charge is 0.262 e. The molecule has 0 fully saturated rings. The van der Waals surface area contributed by atoms with Crippen molar-refractivity contribution in [3.05, 3.63) is 55.6 Å². The van der Waals surface area contributed by atoms with E-state index in [1.807, 2.05) is 6.92 Å². The minimum Gasteiger partial charge on any atom is -0.293 e. The first-order chi connectivity index (χ1) is 12.5. The van der Waals surface area contributed by atoms with Gasteiger partial charge in [-0.25, -0.2) is 4.98 Å². The number of ketones is 1. The van der Waals surface area contributed by atoms with E-state index in [1.54, 1.807) is 47.2 Å². The van der Waals surface area contributed by atoms with Gasteiger partial charge >= 0.3 is 0 Å². The van der Waals surface area contributed by atoms with Gasteiger partial charge in [0.15, 0.2) is 10.9 Å². The van der Waals surface area contributed by atoms with Crippen molar-refractivity contribution in [1.82, 2.24) is 9.55 Å². The van der Waals surface area contributed by atoms with Gasteiger partial charge in [-0.05, 0) is 43.9 Å². The molecule has 134 valence electrons. The Bertz CT molecular complexity index is 1090. The number of hydrogen-bond donors (Lipinski definition) is 0. The number of rotatable bonds is 4. The van der Waals surface area contributed by atoms with Crippen molar-refractivity contribution in [3.63, 3.8) is 0 Å². The van der Waals surface area contributed by atoms with Crippen molar-refractivity contribution in [2.24, 2.45) is 7.05 Å². The number of nitrogens with zero attached hydrogens (tertiary/aromatic N) is 2. The van der Waals surface area contributed by atoms with Crippen LogP contribution in [0.25, 0.3) is 10.2 Å². The Balaban J connectivity index is 1.68. The van der Waals surface area contributed by atoms with E-state index in [9.17, 15) is 9.59 Å². The normalized spacial score (nSPS) is 14.6. The van der Waals surface area contributed by atoms with Gasteiger partial charge in [-0.15, -0.1) is 11.3 Å². The van der Waals surface area contributed by atoms with Crippen LogP contribution in [0.2, 0.25) is 5.02 Å². The van der Waals surface area contributed by atoms with Crippen molar-refractivity contribution in [3.8, 4) is 0 Å². The molecule has 0 amide bonds. The van der Waals surface area contributed by atoms with Crippen LogP contribution in [0.4, 0.5) is 0 Å². The van der Waals surface area contributed by atoms with Crippen molar-refractivity contribution in [2.45, 2.75) is 36.6 Å². The second-order valence-corrected chi connectivity index (χ2v) is 9.26. The molecule has 1 aliphatic carbocycles. The first kappa shape index (κ1) is 17.8. The summed E-state index contributed by atoms with van der Waals surface area (Å²) in [6.07, 6.45) is 3.11. The lowest BCUT2D eigenvalue weighted by atomic mass is 10.1. The van der Waals surface area contributed by atoms with Crippen LogP contribution in [0.5, 0.6) is 0 Å². The lowest BCUT2D eigenvalue weighted by Crippen LogP contribution is -2.22.